The van der Waals surface area contributed by atoms with Gasteiger partial charge in [-0.15, -0.1) is 11.3 Å². The Labute approximate surface area is 140 Å². The Morgan fingerprint density at radius 3 is 2.87 bits per heavy atom. The summed E-state index contributed by atoms with van der Waals surface area (Å²) in [6.07, 6.45) is 0. The first-order valence-corrected chi connectivity index (χ1v) is 8.54. The van der Waals surface area contributed by atoms with Gasteiger partial charge in [-0.25, -0.2) is 0 Å². The van der Waals surface area contributed by atoms with E-state index in [2.05, 4.69) is 72.6 Å². The van der Waals surface area contributed by atoms with Crippen LogP contribution in [0.3, 0.4) is 0 Å². The van der Waals surface area contributed by atoms with Crippen LogP contribution < -0.4 is 5.32 Å². The molecule has 0 spiro atoms. The lowest BCUT2D eigenvalue weighted by Gasteiger charge is -2.16. The van der Waals surface area contributed by atoms with Gasteiger partial charge in [0.05, 0.1) is 0 Å². The normalized spacial score (nSPS) is 11.9. The fraction of sp³-hybridized carbons (Fsp3) is 0.200. The lowest BCUT2D eigenvalue weighted by molar-refractivity contribution is 0.350. The summed E-state index contributed by atoms with van der Waals surface area (Å²) in [4.78, 5) is 1.25. The minimum Gasteiger partial charge on any atom is -0.384 e. The van der Waals surface area contributed by atoms with Crippen molar-refractivity contribution in [2.75, 3.05) is 6.61 Å². The fourth-order valence-corrected chi connectivity index (χ4v) is 3.44. The van der Waals surface area contributed by atoms with E-state index in [0.717, 1.165) is 12.1 Å². The van der Waals surface area contributed by atoms with Crippen molar-refractivity contribution in [1.29, 1.82) is 0 Å². The first-order chi connectivity index (χ1) is 11.3. The van der Waals surface area contributed by atoms with Crippen molar-refractivity contribution < 1.29 is 5.11 Å². The lowest BCUT2D eigenvalue weighted by atomic mass is 10.00. The van der Waals surface area contributed by atoms with Gasteiger partial charge in [0.15, 0.2) is 0 Å². The quantitative estimate of drug-likeness (QED) is 0.709. The minimum atomic E-state index is -0.0957. The summed E-state index contributed by atoms with van der Waals surface area (Å²) < 4.78 is 0. The third-order valence-electron chi connectivity index (χ3n) is 3.84. The molecule has 1 atom stereocenters. The summed E-state index contributed by atoms with van der Waals surface area (Å²) in [5.74, 6) is 5.62. The zero-order chi connectivity index (χ0) is 16.1. The average Bonchev–Trinajstić information content (AvgIpc) is 3.05. The van der Waals surface area contributed by atoms with Crippen molar-refractivity contribution in [3.05, 3.63) is 69.9 Å². The van der Waals surface area contributed by atoms with E-state index in [1.165, 1.54) is 21.2 Å². The summed E-state index contributed by atoms with van der Waals surface area (Å²) in [6.45, 7) is 2.92. The van der Waals surface area contributed by atoms with Gasteiger partial charge in [0, 0.05) is 28.4 Å². The second kappa shape index (κ2) is 7.43. The molecule has 0 aliphatic heterocycles. The first kappa shape index (κ1) is 15.8. The van der Waals surface area contributed by atoms with Gasteiger partial charge in [0.25, 0.3) is 0 Å². The van der Waals surface area contributed by atoms with Crippen LogP contribution in [0.4, 0.5) is 0 Å². The summed E-state index contributed by atoms with van der Waals surface area (Å²) in [7, 11) is 0. The van der Waals surface area contributed by atoms with Crippen LogP contribution in [0.5, 0.6) is 0 Å². The van der Waals surface area contributed by atoms with Crippen molar-refractivity contribution >= 4 is 22.1 Å². The SMILES string of the molecule is C[C@@H](NCc1cc(C#CCO)cs1)c1cccc2ccccc12. The molecule has 3 rings (SSSR count). The molecule has 1 heterocycles. The fourth-order valence-electron chi connectivity index (χ4n) is 2.67. The summed E-state index contributed by atoms with van der Waals surface area (Å²) in [5.41, 5.74) is 2.29. The molecule has 0 unspecified atom stereocenters. The van der Waals surface area contributed by atoms with Gasteiger partial charge in [0.1, 0.15) is 6.61 Å². The molecular weight excluding hydrogens is 302 g/mol. The highest BCUT2D eigenvalue weighted by atomic mass is 32.1. The Bertz CT molecular complexity index is 851. The Morgan fingerprint density at radius 2 is 2.00 bits per heavy atom. The van der Waals surface area contributed by atoms with Crippen LogP contribution in [0.15, 0.2) is 53.9 Å². The molecule has 116 valence electrons. The van der Waals surface area contributed by atoms with Crippen LogP contribution in [0.2, 0.25) is 0 Å². The van der Waals surface area contributed by atoms with E-state index in [0.29, 0.717) is 0 Å². The van der Waals surface area contributed by atoms with E-state index in [1.54, 1.807) is 11.3 Å². The highest BCUT2D eigenvalue weighted by Gasteiger charge is 2.09. The Morgan fingerprint density at radius 1 is 1.17 bits per heavy atom. The summed E-state index contributed by atoms with van der Waals surface area (Å²) >= 11 is 1.69. The average molecular weight is 321 g/mol. The third kappa shape index (κ3) is 3.80. The molecule has 1 aromatic heterocycles. The van der Waals surface area contributed by atoms with E-state index in [1.807, 2.05) is 5.38 Å². The Hall–Kier alpha value is -2.12. The number of aliphatic hydroxyl groups excluding tert-OH is 1. The molecule has 23 heavy (non-hydrogen) atoms. The molecule has 0 aliphatic rings. The zero-order valence-corrected chi connectivity index (χ0v) is 13.9. The van der Waals surface area contributed by atoms with Gasteiger partial charge in [-0.2, -0.15) is 0 Å². The van der Waals surface area contributed by atoms with Crippen LogP contribution in [0.1, 0.15) is 29.0 Å². The number of thiophene rings is 1. The summed E-state index contributed by atoms with van der Waals surface area (Å²) in [5, 5.41) is 16.9. The number of fused-ring (bicyclic) bond motifs is 1. The smallest absolute Gasteiger partial charge is 0.104 e. The monoisotopic (exact) mass is 321 g/mol. The molecular formula is C20H19NOS. The number of hydrogen-bond donors (Lipinski definition) is 2. The minimum absolute atomic E-state index is 0.0957. The van der Waals surface area contributed by atoms with Crippen molar-refractivity contribution in [3.63, 3.8) is 0 Å². The Kier molecular flexibility index (Phi) is 5.09. The third-order valence-corrected chi connectivity index (χ3v) is 4.77. The molecule has 2 nitrogen and oxygen atoms in total. The van der Waals surface area contributed by atoms with Crippen molar-refractivity contribution in [3.8, 4) is 11.8 Å². The van der Waals surface area contributed by atoms with E-state index in [-0.39, 0.29) is 12.6 Å². The van der Waals surface area contributed by atoms with Gasteiger partial charge in [-0.05, 0) is 29.3 Å². The second-order valence-corrected chi connectivity index (χ2v) is 6.43. The number of benzene rings is 2. The zero-order valence-electron chi connectivity index (χ0n) is 13.0. The van der Waals surface area contributed by atoms with E-state index >= 15 is 0 Å². The maximum Gasteiger partial charge on any atom is 0.104 e. The molecule has 3 aromatic rings. The van der Waals surface area contributed by atoms with Crippen molar-refractivity contribution in [1.82, 2.24) is 5.32 Å². The molecule has 0 fully saturated rings. The molecule has 2 N–H and O–H groups in total. The highest BCUT2D eigenvalue weighted by molar-refractivity contribution is 7.10. The molecule has 0 amide bonds. The number of aliphatic hydroxyl groups is 1. The number of hydrogen-bond acceptors (Lipinski definition) is 3. The van der Waals surface area contributed by atoms with Gasteiger partial charge in [0.2, 0.25) is 0 Å². The molecule has 0 radical (unpaired) electrons. The molecule has 0 bridgehead atoms. The van der Waals surface area contributed by atoms with Crippen LogP contribution in [-0.4, -0.2) is 11.7 Å². The Balaban J connectivity index is 1.71. The van der Waals surface area contributed by atoms with Gasteiger partial charge in [-0.3, -0.25) is 0 Å². The van der Waals surface area contributed by atoms with E-state index < -0.39 is 0 Å². The first-order valence-electron chi connectivity index (χ1n) is 7.66. The van der Waals surface area contributed by atoms with Crippen LogP contribution in [-0.2, 0) is 6.54 Å². The van der Waals surface area contributed by atoms with Crippen LogP contribution in [0, 0.1) is 11.8 Å². The van der Waals surface area contributed by atoms with Gasteiger partial charge >= 0.3 is 0 Å². The maximum atomic E-state index is 8.74. The molecule has 0 saturated heterocycles. The van der Waals surface area contributed by atoms with Gasteiger partial charge in [-0.1, -0.05) is 54.3 Å². The molecule has 0 saturated carbocycles. The maximum absolute atomic E-state index is 8.74. The molecule has 3 heteroatoms. The van der Waals surface area contributed by atoms with Crippen LogP contribution in [0.25, 0.3) is 10.8 Å². The van der Waals surface area contributed by atoms with Crippen LogP contribution >= 0.6 is 11.3 Å². The highest BCUT2D eigenvalue weighted by Crippen LogP contribution is 2.24. The topological polar surface area (TPSA) is 32.3 Å². The number of nitrogens with one attached hydrogen (secondary N) is 1. The predicted octanol–water partition coefficient (Wildman–Crippen LogP) is 4.10. The van der Waals surface area contributed by atoms with Crippen molar-refractivity contribution in [2.45, 2.75) is 19.5 Å². The predicted molar refractivity (Wildman–Crippen MR) is 97.5 cm³/mol. The standard InChI is InChI=1S/C20H19NOS/c1-15(19-10-4-8-17-7-2-3-9-20(17)19)21-13-18-12-16(14-23-18)6-5-11-22/h2-4,7-10,12,14-15,21-22H,11,13H2,1H3/t15-/m1/s1. The second-order valence-electron chi connectivity index (χ2n) is 5.43. The lowest BCUT2D eigenvalue weighted by Crippen LogP contribution is -2.17. The largest absolute Gasteiger partial charge is 0.384 e. The summed E-state index contributed by atoms with van der Waals surface area (Å²) in [6, 6.07) is 17.3. The van der Waals surface area contributed by atoms with E-state index in [4.69, 9.17) is 5.11 Å². The van der Waals surface area contributed by atoms with E-state index in [9.17, 15) is 0 Å². The molecule has 0 aliphatic carbocycles. The van der Waals surface area contributed by atoms with Gasteiger partial charge < -0.3 is 10.4 Å². The number of rotatable bonds is 4. The van der Waals surface area contributed by atoms with Crippen molar-refractivity contribution in [2.24, 2.45) is 0 Å². The molecule has 2 aromatic carbocycles.